The van der Waals surface area contributed by atoms with Crippen LogP contribution >= 0.6 is 0 Å². The van der Waals surface area contributed by atoms with Crippen LogP contribution in [-0.2, 0) is 16.0 Å². The predicted molar refractivity (Wildman–Crippen MR) is 106 cm³/mol. The highest BCUT2D eigenvalue weighted by molar-refractivity contribution is 5.93. The van der Waals surface area contributed by atoms with E-state index in [2.05, 4.69) is 10.6 Å². The zero-order chi connectivity index (χ0) is 20.9. The zero-order valence-corrected chi connectivity index (χ0v) is 16.2. The molecule has 0 atom stereocenters. The van der Waals surface area contributed by atoms with Gasteiger partial charge in [0, 0.05) is 17.8 Å². The van der Waals surface area contributed by atoms with E-state index in [0.29, 0.717) is 11.4 Å². The van der Waals surface area contributed by atoms with Gasteiger partial charge in [-0.05, 0) is 51.0 Å². The molecule has 0 saturated carbocycles. The Labute approximate surface area is 163 Å². The first-order valence-corrected chi connectivity index (χ1v) is 8.67. The maximum Gasteiger partial charge on any atom is 0.412 e. The highest BCUT2D eigenvalue weighted by Crippen LogP contribution is 2.22. The first-order valence-electron chi connectivity index (χ1n) is 8.67. The van der Waals surface area contributed by atoms with Gasteiger partial charge in [0.15, 0.2) is 0 Å². The third-order valence-electron chi connectivity index (χ3n) is 3.67. The highest BCUT2D eigenvalue weighted by atomic mass is 16.6. The summed E-state index contributed by atoms with van der Waals surface area (Å²) in [4.78, 5) is 34.4. The number of nitro groups is 1. The van der Waals surface area contributed by atoms with Crippen molar-refractivity contribution in [1.29, 1.82) is 0 Å². The van der Waals surface area contributed by atoms with Crippen molar-refractivity contribution in [1.82, 2.24) is 0 Å². The van der Waals surface area contributed by atoms with E-state index in [9.17, 15) is 19.7 Å². The second kappa shape index (κ2) is 8.51. The summed E-state index contributed by atoms with van der Waals surface area (Å²) in [5.74, 6) is -0.295. The Bertz CT molecular complexity index is 886. The van der Waals surface area contributed by atoms with Crippen molar-refractivity contribution in [3.8, 4) is 0 Å². The van der Waals surface area contributed by atoms with Crippen molar-refractivity contribution in [2.75, 3.05) is 10.6 Å². The lowest BCUT2D eigenvalue weighted by atomic mass is 10.1. The number of benzene rings is 2. The number of nitrogens with one attached hydrogen (secondary N) is 2. The van der Waals surface area contributed by atoms with Gasteiger partial charge in [-0.15, -0.1) is 0 Å². The minimum atomic E-state index is -0.591. The van der Waals surface area contributed by atoms with Gasteiger partial charge in [0.2, 0.25) is 5.91 Å². The number of carbonyl (C=O) groups excluding carboxylic acids is 2. The molecule has 8 nitrogen and oxygen atoms in total. The van der Waals surface area contributed by atoms with Crippen LogP contribution in [0.2, 0.25) is 0 Å². The standard InChI is InChI=1S/C20H23N3O5/c1-13-5-10-16(23(26)27)12-17(13)22-18(24)11-14-6-8-15(9-7-14)21-19(25)28-20(2,3)4/h5-10,12H,11H2,1-4H3,(H,21,25)(H,22,24). The molecule has 28 heavy (non-hydrogen) atoms. The molecule has 0 unspecified atom stereocenters. The Hall–Kier alpha value is -3.42. The van der Waals surface area contributed by atoms with E-state index in [-0.39, 0.29) is 18.0 Å². The quantitative estimate of drug-likeness (QED) is 0.584. The normalized spacial score (nSPS) is 10.9. The summed E-state index contributed by atoms with van der Waals surface area (Å²) in [6, 6.07) is 11.1. The summed E-state index contributed by atoms with van der Waals surface area (Å²) in [5.41, 5.74) is 1.74. The number of hydrogen-bond donors (Lipinski definition) is 2. The van der Waals surface area contributed by atoms with Crippen molar-refractivity contribution >= 4 is 29.1 Å². The average molecular weight is 385 g/mol. The van der Waals surface area contributed by atoms with Crippen LogP contribution in [0.3, 0.4) is 0 Å². The van der Waals surface area contributed by atoms with Gasteiger partial charge in [0.05, 0.1) is 17.0 Å². The Morgan fingerprint density at radius 1 is 1.07 bits per heavy atom. The van der Waals surface area contributed by atoms with Gasteiger partial charge in [-0.1, -0.05) is 18.2 Å². The second-order valence-electron chi connectivity index (χ2n) is 7.31. The van der Waals surface area contributed by atoms with Crippen molar-refractivity contribution in [3.05, 3.63) is 63.7 Å². The van der Waals surface area contributed by atoms with E-state index in [0.717, 1.165) is 11.1 Å². The van der Waals surface area contributed by atoms with Gasteiger partial charge < -0.3 is 10.1 Å². The molecule has 2 rings (SSSR count). The molecule has 0 heterocycles. The number of aryl methyl sites for hydroxylation is 1. The van der Waals surface area contributed by atoms with Gasteiger partial charge in [-0.2, -0.15) is 0 Å². The predicted octanol–water partition coefficient (Wildman–Crippen LogP) is 4.43. The maximum absolute atomic E-state index is 12.3. The lowest BCUT2D eigenvalue weighted by molar-refractivity contribution is -0.384. The molecule has 0 aliphatic carbocycles. The largest absolute Gasteiger partial charge is 0.444 e. The van der Waals surface area contributed by atoms with Gasteiger partial charge in [0.25, 0.3) is 5.69 Å². The SMILES string of the molecule is Cc1ccc([N+](=O)[O-])cc1NC(=O)Cc1ccc(NC(=O)OC(C)(C)C)cc1. The number of hydrogen-bond acceptors (Lipinski definition) is 5. The zero-order valence-electron chi connectivity index (χ0n) is 16.2. The molecule has 8 heteroatoms. The van der Waals surface area contributed by atoms with Gasteiger partial charge in [-0.3, -0.25) is 20.2 Å². The van der Waals surface area contributed by atoms with Crippen molar-refractivity contribution in [3.63, 3.8) is 0 Å². The van der Waals surface area contributed by atoms with Crippen LogP contribution < -0.4 is 10.6 Å². The van der Waals surface area contributed by atoms with Crippen LogP contribution in [0.4, 0.5) is 21.9 Å². The van der Waals surface area contributed by atoms with E-state index >= 15 is 0 Å². The summed E-state index contributed by atoms with van der Waals surface area (Å²) < 4.78 is 5.18. The molecular weight excluding hydrogens is 362 g/mol. The number of amides is 2. The Balaban J connectivity index is 1.97. The van der Waals surface area contributed by atoms with Gasteiger partial charge >= 0.3 is 6.09 Å². The topological polar surface area (TPSA) is 111 Å². The van der Waals surface area contributed by atoms with E-state index in [1.807, 2.05) is 0 Å². The highest BCUT2D eigenvalue weighted by Gasteiger charge is 2.16. The van der Waals surface area contributed by atoms with Crippen molar-refractivity contribution in [2.45, 2.75) is 39.7 Å². The molecule has 2 aromatic rings. The van der Waals surface area contributed by atoms with E-state index < -0.39 is 16.6 Å². The minimum Gasteiger partial charge on any atom is -0.444 e. The number of carbonyl (C=O) groups is 2. The lowest BCUT2D eigenvalue weighted by Crippen LogP contribution is -2.27. The van der Waals surface area contributed by atoms with Crippen LogP contribution in [0.25, 0.3) is 0 Å². The van der Waals surface area contributed by atoms with E-state index in [4.69, 9.17) is 4.74 Å². The number of nitro benzene ring substituents is 1. The molecule has 2 amide bonds. The fourth-order valence-corrected chi connectivity index (χ4v) is 2.37. The Morgan fingerprint density at radius 3 is 2.29 bits per heavy atom. The van der Waals surface area contributed by atoms with Crippen LogP contribution in [0.5, 0.6) is 0 Å². The van der Waals surface area contributed by atoms with Gasteiger partial charge in [-0.25, -0.2) is 4.79 Å². The average Bonchev–Trinajstić information content (AvgIpc) is 2.56. The fraction of sp³-hybridized carbons (Fsp3) is 0.300. The number of non-ortho nitro benzene ring substituents is 1. The molecule has 0 spiro atoms. The molecule has 0 aromatic heterocycles. The summed E-state index contributed by atoms with van der Waals surface area (Å²) in [6.45, 7) is 7.09. The van der Waals surface area contributed by atoms with E-state index in [1.54, 1.807) is 58.0 Å². The first-order chi connectivity index (χ1) is 13.0. The van der Waals surface area contributed by atoms with Crippen molar-refractivity contribution in [2.24, 2.45) is 0 Å². The summed E-state index contributed by atoms with van der Waals surface area (Å²) in [7, 11) is 0. The van der Waals surface area contributed by atoms with Gasteiger partial charge in [0.1, 0.15) is 5.60 Å². The molecule has 0 saturated heterocycles. The molecule has 2 N–H and O–H groups in total. The van der Waals surface area contributed by atoms with E-state index in [1.165, 1.54) is 12.1 Å². The summed E-state index contributed by atoms with van der Waals surface area (Å²) >= 11 is 0. The first kappa shape index (κ1) is 20.9. The third kappa shape index (κ3) is 6.39. The number of rotatable bonds is 5. The Morgan fingerprint density at radius 2 is 1.71 bits per heavy atom. The molecule has 148 valence electrons. The smallest absolute Gasteiger partial charge is 0.412 e. The fourth-order valence-electron chi connectivity index (χ4n) is 2.37. The molecule has 0 bridgehead atoms. The summed E-state index contributed by atoms with van der Waals surface area (Å²) in [6.07, 6.45) is -0.464. The summed E-state index contributed by atoms with van der Waals surface area (Å²) in [5, 5.41) is 16.2. The van der Waals surface area contributed by atoms with Crippen molar-refractivity contribution < 1.29 is 19.2 Å². The van der Waals surface area contributed by atoms with Crippen LogP contribution in [0, 0.1) is 17.0 Å². The van der Waals surface area contributed by atoms with Crippen LogP contribution in [0.15, 0.2) is 42.5 Å². The molecular formula is C20H23N3O5. The third-order valence-corrected chi connectivity index (χ3v) is 3.67. The number of ether oxygens (including phenoxy) is 1. The minimum absolute atomic E-state index is 0.0847. The molecule has 0 aliphatic heterocycles. The second-order valence-corrected chi connectivity index (χ2v) is 7.31. The molecule has 0 radical (unpaired) electrons. The number of anilines is 2. The Kier molecular flexibility index (Phi) is 6.35. The lowest BCUT2D eigenvalue weighted by Gasteiger charge is -2.19. The molecule has 0 fully saturated rings. The monoisotopic (exact) mass is 385 g/mol. The molecule has 2 aromatic carbocycles. The maximum atomic E-state index is 12.3. The molecule has 0 aliphatic rings. The van der Waals surface area contributed by atoms with Crippen LogP contribution in [-0.4, -0.2) is 22.5 Å². The number of nitrogens with zero attached hydrogens (tertiary/aromatic N) is 1. The van der Waals surface area contributed by atoms with Crippen LogP contribution in [0.1, 0.15) is 31.9 Å².